The number of fused-ring (bicyclic) bond motifs is 3. The molecule has 3 nitrogen and oxygen atoms in total. The summed E-state index contributed by atoms with van der Waals surface area (Å²) in [6.45, 7) is 2.85. The largest absolute Gasteiger partial charge is 0.356 e. The summed E-state index contributed by atoms with van der Waals surface area (Å²) >= 11 is 6.24. The van der Waals surface area contributed by atoms with Gasteiger partial charge in [0, 0.05) is 45.8 Å². The van der Waals surface area contributed by atoms with Crippen molar-refractivity contribution in [1.29, 1.82) is 0 Å². The monoisotopic (exact) mass is 326 g/mol. The van der Waals surface area contributed by atoms with E-state index in [-0.39, 0.29) is 5.91 Å². The van der Waals surface area contributed by atoms with Gasteiger partial charge in [0.25, 0.3) is 0 Å². The lowest BCUT2D eigenvalue weighted by Crippen LogP contribution is -2.21. The van der Waals surface area contributed by atoms with Crippen molar-refractivity contribution < 1.29 is 4.79 Å². The van der Waals surface area contributed by atoms with E-state index >= 15 is 0 Å². The lowest BCUT2D eigenvalue weighted by Gasteiger charge is -2.19. The standard InChI is InChI=1S/C19H19ClN2O/c1-12-2-5-17-15(10-12)16-11-13(20)3-6-18(16)22(17)14-4-7-19(23)21-9-8-14/h2-3,5-6,10-11,14H,4,7-9H2,1H3,(H,21,23). The van der Waals surface area contributed by atoms with Crippen molar-refractivity contribution in [2.45, 2.75) is 32.2 Å². The van der Waals surface area contributed by atoms with Crippen LogP contribution in [0.3, 0.4) is 0 Å². The number of aromatic nitrogens is 1. The molecule has 118 valence electrons. The topological polar surface area (TPSA) is 34.0 Å². The van der Waals surface area contributed by atoms with Crippen LogP contribution in [0.2, 0.25) is 5.02 Å². The highest BCUT2D eigenvalue weighted by Gasteiger charge is 2.21. The fraction of sp³-hybridized carbons (Fsp3) is 0.316. The third-order valence-electron chi connectivity index (χ3n) is 4.79. The van der Waals surface area contributed by atoms with Gasteiger partial charge in [0.1, 0.15) is 0 Å². The third-order valence-corrected chi connectivity index (χ3v) is 5.02. The number of hydrogen-bond donors (Lipinski definition) is 1. The van der Waals surface area contributed by atoms with Crippen molar-refractivity contribution in [3.05, 3.63) is 47.0 Å². The number of amides is 1. The highest BCUT2D eigenvalue weighted by atomic mass is 35.5. The molecule has 1 saturated heterocycles. The minimum absolute atomic E-state index is 0.159. The van der Waals surface area contributed by atoms with Gasteiger partial charge >= 0.3 is 0 Å². The zero-order valence-corrected chi connectivity index (χ0v) is 13.9. The van der Waals surface area contributed by atoms with Gasteiger partial charge in [0.05, 0.1) is 0 Å². The van der Waals surface area contributed by atoms with Crippen molar-refractivity contribution in [2.24, 2.45) is 0 Å². The Hall–Kier alpha value is -2.00. The number of aryl methyl sites for hydroxylation is 1. The number of carbonyl (C=O) groups excluding carboxylic acids is 1. The molecule has 23 heavy (non-hydrogen) atoms. The molecular weight excluding hydrogens is 308 g/mol. The number of halogens is 1. The summed E-state index contributed by atoms with van der Waals surface area (Å²) in [6, 6.07) is 13.0. The Kier molecular flexibility index (Phi) is 3.53. The van der Waals surface area contributed by atoms with Crippen molar-refractivity contribution in [2.75, 3.05) is 6.54 Å². The van der Waals surface area contributed by atoms with Crippen LogP contribution in [0, 0.1) is 6.92 Å². The van der Waals surface area contributed by atoms with Crippen molar-refractivity contribution in [3.63, 3.8) is 0 Å². The second-order valence-electron chi connectivity index (χ2n) is 6.38. The van der Waals surface area contributed by atoms with Crippen LogP contribution < -0.4 is 5.32 Å². The number of benzene rings is 2. The summed E-state index contributed by atoms with van der Waals surface area (Å²) in [5, 5.41) is 6.17. The zero-order valence-electron chi connectivity index (χ0n) is 13.1. The first-order valence-corrected chi connectivity index (χ1v) is 8.48. The number of rotatable bonds is 1. The summed E-state index contributed by atoms with van der Waals surface area (Å²) in [7, 11) is 0. The molecule has 1 amide bonds. The van der Waals surface area contributed by atoms with Gasteiger partial charge in [0.2, 0.25) is 5.91 Å². The second kappa shape index (κ2) is 5.57. The summed E-state index contributed by atoms with van der Waals surface area (Å²) in [5.41, 5.74) is 3.68. The fourth-order valence-corrected chi connectivity index (χ4v) is 3.87. The molecule has 0 aliphatic carbocycles. The third kappa shape index (κ3) is 2.49. The molecular formula is C19H19ClN2O. The molecule has 3 aromatic rings. The van der Waals surface area contributed by atoms with E-state index in [1.54, 1.807) is 0 Å². The van der Waals surface area contributed by atoms with Gasteiger partial charge in [-0.15, -0.1) is 0 Å². The Balaban J connectivity index is 1.98. The van der Waals surface area contributed by atoms with Gasteiger partial charge in [-0.3, -0.25) is 4.79 Å². The number of nitrogens with one attached hydrogen (secondary N) is 1. The van der Waals surface area contributed by atoms with Crippen LogP contribution in [0.15, 0.2) is 36.4 Å². The SMILES string of the molecule is Cc1ccc2c(c1)c1cc(Cl)ccc1n2C1CCNC(=O)CC1. The lowest BCUT2D eigenvalue weighted by molar-refractivity contribution is -0.120. The molecule has 1 aliphatic heterocycles. The Morgan fingerprint density at radius 1 is 1.09 bits per heavy atom. The van der Waals surface area contributed by atoms with E-state index in [0.29, 0.717) is 12.5 Å². The maximum atomic E-state index is 11.7. The van der Waals surface area contributed by atoms with E-state index in [0.717, 1.165) is 24.4 Å². The molecule has 1 aliphatic rings. The molecule has 0 spiro atoms. The van der Waals surface area contributed by atoms with Crippen LogP contribution in [-0.2, 0) is 4.79 Å². The predicted octanol–water partition coefficient (Wildman–Crippen LogP) is 4.60. The smallest absolute Gasteiger partial charge is 0.220 e. The summed E-state index contributed by atoms with van der Waals surface area (Å²) in [4.78, 5) is 11.7. The van der Waals surface area contributed by atoms with Gasteiger partial charge in [-0.25, -0.2) is 0 Å². The second-order valence-corrected chi connectivity index (χ2v) is 6.82. The summed E-state index contributed by atoms with van der Waals surface area (Å²) in [5.74, 6) is 0.159. The molecule has 1 fully saturated rings. The lowest BCUT2D eigenvalue weighted by atomic mass is 10.1. The van der Waals surface area contributed by atoms with Crippen LogP contribution in [0.1, 0.15) is 30.9 Å². The van der Waals surface area contributed by atoms with Gasteiger partial charge in [0.15, 0.2) is 0 Å². The van der Waals surface area contributed by atoms with Gasteiger partial charge < -0.3 is 9.88 Å². The molecule has 2 aromatic carbocycles. The Bertz CT molecular complexity index is 853. The number of carbonyl (C=O) groups is 1. The van der Waals surface area contributed by atoms with Crippen LogP contribution >= 0.6 is 11.6 Å². The predicted molar refractivity (Wildman–Crippen MR) is 95.1 cm³/mol. The minimum atomic E-state index is 0.159. The van der Waals surface area contributed by atoms with Gasteiger partial charge in [-0.2, -0.15) is 0 Å². The molecule has 0 bridgehead atoms. The van der Waals surface area contributed by atoms with Crippen molar-refractivity contribution >= 4 is 39.3 Å². The quantitative estimate of drug-likeness (QED) is 0.697. The Labute approximate surface area is 140 Å². The summed E-state index contributed by atoms with van der Waals surface area (Å²) < 4.78 is 2.40. The molecule has 2 heterocycles. The number of hydrogen-bond acceptors (Lipinski definition) is 1. The van der Waals surface area contributed by atoms with Crippen molar-refractivity contribution in [3.8, 4) is 0 Å². The Morgan fingerprint density at radius 3 is 2.65 bits per heavy atom. The molecule has 1 unspecified atom stereocenters. The highest BCUT2D eigenvalue weighted by molar-refractivity contribution is 6.31. The zero-order chi connectivity index (χ0) is 16.0. The van der Waals surface area contributed by atoms with Crippen LogP contribution in [0.5, 0.6) is 0 Å². The number of nitrogens with zero attached hydrogens (tertiary/aromatic N) is 1. The first-order valence-electron chi connectivity index (χ1n) is 8.10. The first kappa shape index (κ1) is 14.6. The highest BCUT2D eigenvalue weighted by Crippen LogP contribution is 2.36. The van der Waals surface area contributed by atoms with E-state index in [9.17, 15) is 4.79 Å². The maximum absolute atomic E-state index is 11.7. The molecule has 0 saturated carbocycles. The van der Waals surface area contributed by atoms with E-state index < -0.39 is 0 Å². The molecule has 1 N–H and O–H groups in total. The van der Waals surface area contributed by atoms with E-state index in [1.165, 1.54) is 27.4 Å². The van der Waals surface area contributed by atoms with Crippen LogP contribution in [0.4, 0.5) is 0 Å². The van der Waals surface area contributed by atoms with E-state index in [1.807, 2.05) is 6.07 Å². The Morgan fingerprint density at radius 2 is 1.83 bits per heavy atom. The van der Waals surface area contributed by atoms with Gasteiger partial charge in [-0.05, 0) is 50.1 Å². The summed E-state index contributed by atoms with van der Waals surface area (Å²) in [6.07, 6.45) is 2.42. The van der Waals surface area contributed by atoms with Crippen LogP contribution in [0.25, 0.3) is 21.8 Å². The average molecular weight is 327 g/mol. The van der Waals surface area contributed by atoms with E-state index in [4.69, 9.17) is 11.6 Å². The molecule has 1 aromatic heterocycles. The normalized spacial score (nSPS) is 19.0. The molecule has 1 atom stereocenters. The van der Waals surface area contributed by atoms with Crippen LogP contribution in [-0.4, -0.2) is 17.0 Å². The minimum Gasteiger partial charge on any atom is -0.356 e. The molecule has 0 radical (unpaired) electrons. The maximum Gasteiger partial charge on any atom is 0.220 e. The molecule has 4 rings (SSSR count). The fourth-order valence-electron chi connectivity index (χ4n) is 3.70. The molecule has 4 heteroatoms. The van der Waals surface area contributed by atoms with Crippen molar-refractivity contribution in [1.82, 2.24) is 9.88 Å². The average Bonchev–Trinajstić information content (AvgIpc) is 2.67. The van der Waals surface area contributed by atoms with E-state index in [2.05, 4.69) is 47.1 Å². The van der Waals surface area contributed by atoms with Gasteiger partial charge in [-0.1, -0.05) is 23.2 Å². The first-order chi connectivity index (χ1) is 11.1.